The molecular weight excluding hydrogens is 248 g/mol. The standard InChI is InChI=1S/C14H18O3S/c1-2-7-16-12-6-4-3-5-11(12)14(15)13-10-18-9-8-17-13/h3-6,13H,2,7-10H2,1H3. The van der Waals surface area contributed by atoms with Crippen LogP contribution < -0.4 is 4.74 Å². The van der Waals surface area contributed by atoms with Gasteiger partial charge >= 0.3 is 0 Å². The summed E-state index contributed by atoms with van der Waals surface area (Å²) in [4.78, 5) is 12.4. The van der Waals surface area contributed by atoms with E-state index in [2.05, 4.69) is 0 Å². The van der Waals surface area contributed by atoms with E-state index in [1.165, 1.54) is 0 Å². The van der Waals surface area contributed by atoms with E-state index in [1.807, 2.05) is 31.2 Å². The molecule has 1 atom stereocenters. The summed E-state index contributed by atoms with van der Waals surface area (Å²) in [5, 5.41) is 0. The van der Waals surface area contributed by atoms with Crippen molar-refractivity contribution in [3.05, 3.63) is 29.8 Å². The van der Waals surface area contributed by atoms with E-state index in [1.54, 1.807) is 11.8 Å². The third-order valence-electron chi connectivity index (χ3n) is 2.72. The minimum atomic E-state index is -0.324. The number of rotatable bonds is 5. The van der Waals surface area contributed by atoms with E-state index in [9.17, 15) is 4.79 Å². The van der Waals surface area contributed by atoms with Crippen LogP contribution in [0.15, 0.2) is 24.3 Å². The first kappa shape index (κ1) is 13.4. The predicted molar refractivity (Wildman–Crippen MR) is 73.6 cm³/mol. The monoisotopic (exact) mass is 266 g/mol. The number of benzene rings is 1. The highest BCUT2D eigenvalue weighted by atomic mass is 32.2. The molecule has 1 aliphatic rings. The molecule has 98 valence electrons. The molecule has 1 aromatic rings. The van der Waals surface area contributed by atoms with Gasteiger partial charge in [-0.25, -0.2) is 0 Å². The minimum Gasteiger partial charge on any atom is -0.493 e. The average Bonchev–Trinajstić information content (AvgIpc) is 2.45. The number of carbonyl (C=O) groups is 1. The fraction of sp³-hybridized carbons (Fsp3) is 0.500. The molecule has 18 heavy (non-hydrogen) atoms. The van der Waals surface area contributed by atoms with Crippen molar-refractivity contribution in [3.63, 3.8) is 0 Å². The second-order valence-corrected chi connectivity index (χ2v) is 5.29. The minimum absolute atomic E-state index is 0.0360. The Morgan fingerprint density at radius 3 is 3.06 bits per heavy atom. The normalized spacial score (nSPS) is 19.5. The molecule has 1 fully saturated rings. The lowest BCUT2D eigenvalue weighted by atomic mass is 10.1. The van der Waals surface area contributed by atoms with Gasteiger partial charge in [0.1, 0.15) is 11.9 Å². The Kier molecular flexibility index (Phi) is 5.08. The van der Waals surface area contributed by atoms with Crippen LogP contribution in [0.5, 0.6) is 5.75 Å². The molecule has 4 heteroatoms. The molecular formula is C14H18O3S. The highest BCUT2D eigenvalue weighted by Gasteiger charge is 2.25. The fourth-order valence-electron chi connectivity index (χ4n) is 1.82. The third kappa shape index (κ3) is 3.27. The van der Waals surface area contributed by atoms with Crippen LogP contribution >= 0.6 is 11.8 Å². The lowest BCUT2D eigenvalue weighted by molar-refractivity contribution is 0.0515. The molecule has 1 aromatic carbocycles. The first-order valence-electron chi connectivity index (χ1n) is 6.28. The summed E-state index contributed by atoms with van der Waals surface area (Å²) < 4.78 is 11.1. The van der Waals surface area contributed by atoms with Crippen LogP contribution in [0.2, 0.25) is 0 Å². The van der Waals surface area contributed by atoms with Crippen molar-refractivity contribution in [3.8, 4) is 5.75 Å². The Morgan fingerprint density at radius 1 is 1.50 bits per heavy atom. The van der Waals surface area contributed by atoms with E-state index in [0.29, 0.717) is 24.5 Å². The first-order chi connectivity index (χ1) is 8.83. The summed E-state index contributed by atoms with van der Waals surface area (Å²) in [6.45, 7) is 3.33. The third-order valence-corrected chi connectivity index (χ3v) is 3.72. The van der Waals surface area contributed by atoms with E-state index < -0.39 is 0 Å². The first-order valence-corrected chi connectivity index (χ1v) is 7.43. The van der Waals surface area contributed by atoms with Crippen molar-refractivity contribution in [2.75, 3.05) is 24.7 Å². The van der Waals surface area contributed by atoms with Crippen LogP contribution in [0.1, 0.15) is 23.7 Å². The van der Waals surface area contributed by atoms with Crippen molar-refractivity contribution in [1.82, 2.24) is 0 Å². The van der Waals surface area contributed by atoms with E-state index in [0.717, 1.165) is 17.9 Å². The molecule has 1 aliphatic heterocycles. The largest absolute Gasteiger partial charge is 0.493 e. The Balaban J connectivity index is 2.12. The van der Waals surface area contributed by atoms with Gasteiger partial charge in [-0.2, -0.15) is 11.8 Å². The summed E-state index contributed by atoms with van der Waals surface area (Å²) in [6, 6.07) is 7.41. The van der Waals surface area contributed by atoms with Gasteiger partial charge in [-0.3, -0.25) is 4.79 Å². The zero-order valence-electron chi connectivity index (χ0n) is 10.6. The number of para-hydroxylation sites is 1. The smallest absolute Gasteiger partial charge is 0.196 e. The van der Waals surface area contributed by atoms with Crippen LogP contribution in [-0.2, 0) is 4.74 Å². The van der Waals surface area contributed by atoms with Gasteiger partial charge in [-0.15, -0.1) is 0 Å². The average molecular weight is 266 g/mol. The number of hydrogen-bond acceptors (Lipinski definition) is 4. The van der Waals surface area contributed by atoms with Crippen molar-refractivity contribution in [2.45, 2.75) is 19.4 Å². The molecule has 0 aliphatic carbocycles. The summed E-state index contributed by atoms with van der Waals surface area (Å²) in [7, 11) is 0. The predicted octanol–water partition coefficient (Wildman–Crippen LogP) is 2.79. The van der Waals surface area contributed by atoms with Crippen molar-refractivity contribution in [1.29, 1.82) is 0 Å². The molecule has 0 radical (unpaired) electrons. The zero-order valence-corrected chi connectivity index (χ0v) is 11.4. The van der Waals surface area contributed by atoms with Crippen LogP contribution in [0.3, 0.4) is 0 Å². The molecule has 0 aromatic heterocycles. The van der Waals surface area contributed by atoms with Gasteiger partial charge in [0.2, 0.25) is 0 Å². The summed E-state index contributed by atoms with van der Waals surface area (Å²) in [6.07, 6.45) is 0.605. The van der Waals surface area contributed by atoms with Crippen LogP contribution in [0, 0.1) is 0 Å². The molecule has 0 spiro atoms. The number of ketones is 1. The molecule has 0 amide bonds. The molecule has 1 saturated heterocycles. The van der Waals surface area contributed by atoms with Gasteiger partial charge in [0.15, 0.2) is 5.78 Å². The summed E-state index contributed by atoms with van der Waals surface area (Å²) in [5.74, 6) is 2.41. The second kappa shape index (κ2) is 6.81. The van der Waals surface area contributed by atoms with Gasteiger partial charge < -0.3 is 9.47 Å². The van der Waals surface area contributed by atoms with E-state index in [4.69, 9.17) is 9.47 Å². The lowest BCUT2D eigenvalue weighted by Crippen LogP contribution is -2.31. The topological polar surface area (TPSA) is 35.5 Å². The van der Waals surface area contributed by atoms with Gasteiger partial charge in [-0.05, 0) is 18.6 Å². The molecule has 2 rings (SSSR count). The Labute approximate surface area is 112 Å². The maximum Gasteiger partial charge on any atom is 0.196 e. The van der Waals surface area contributed by atoms with Crippen LogP contribution in [0.4, 0.5) is 0 Å². The van der Waals surface area contributed by atoms with Crippen molar-refractivity contribution < 1.29 is 14.3 Å². The van der Waals surface area contributed by atoms with Crippen LogP contribution in [-0.4, -0.2) is 36.6 Å². The number of Topliss-reactive ketones (excluding diaryl/α,β-unsaturated/α-hetero) is 1. The number of carbonyl (C=O) groups excluding carboxylic acids is 1. The SMILES string of the molecule is CCCOc1ccccc1C(=O)C1CSCCO1. The van der Waals surface area contributed by atoms with Gasteiger partial charge in [-0.1, -0.05) is 19.1 Å². The van der Waals surface area contributed by atoms with Gasteiger partial charge in [0.25, 0.3) is 0 Å². The van der Waals surface area contributed by atoms with E-state index >= 15 is 0 Å². The molecule has 0 bridgehead atoms. The Bertz CT molecular complexity index is 400. The van der Waals surface area contributed by atoms with Gasteiger partial charge in [0, 0.05) is 11.5 Å². The van der Waals surface area contributed by atoms with Crippen molar-refractivity contribution in [2.24, 2.45) is 0 Å². The maximum absolute atomic E-state index is 12.4. The zero-order chi connectivity index (χ0) is 12.8. The quantitative estimate of drug-likeness (QED) is 0.768. The lowest BCUT2D eigenvalue weighted by Gasteiger charge is -2.22. The molecule has 0 N–H and O–H groups in total. The number of ether oxygens (including phenoxy) is 2. The molecule has 3 nitrogen and oxygen atoms in total. The summed E-state index contributed by atoms with van der Waals surface area (Å²) >= 11 is 1.76. The van der Waals surface area contributed by atoms with Crippen LogP contribution in [0.25, 0.3) is 0 Å². The Hall–Kier alpha value is -1.00. The summed E-state index contributed by atoms with van der Waals surface area (Å²) in [5.41, 5.74) is 0.637. The Morgan fingerprint density at radius 2 is 2.33 bits per heavy atom. The molecule has 0 saturated carbocycles. The van der Waals surface area contributed by atoms with Gasteiger partial charge in [0.05, 0.1) is 18.8 Å². The van der Waals surface area contributed by atoms with E-state index in [-0.39, 0.29) is 11.9 Å². The highest BCUT2D eigenvalue weighted by Crippen LogP contribution is 2.23. The highest BCUT2D eigenvalue weighted by molar-refractivity contribution is 7.99. The number of hydrogen-bond donors (Lipinski definition) is 0. The second-order valence-electron chi connectivity index (χ2n) is 4.14. The molecule has 1 unspecified atom stereocenters. The fourth-order valence-corrected chi connectivity index (χ4v) is 2.66. The maximum atomic E-state index is 12.4. The molecule has 1 heterocycles. The van der Waals surface area contributed by atoms with Crippen molar-refractivity contribution >= 4 is 17.5 Å². The number of thioether (sulfide) groups is 1.